The summed E-state index contributed by atoms with van der Waals surface area (Å²) in [7, 11) is 1.60. The predicted molar refractivity (Wildman–Crippen MR) is 114 cm³/mol. The molecule has 1 aliphatic rings. The van der Waals surface area contributed by atoms with Gasteiger partial charge in [0.05, 0.1) is 30.2 Å². The summed E-state index contributed by atoms with van der Waals surface area (Å²) >= 11 is 3.10. The third kappa shape index (κ3) is 3.31. The largest absolute Gasteiger partial charge is 0.495 e. The second-order valence-electron chi connectivity index (χ2n) is 6.94. The van der Waals surface area contributed by atoms with E-state index in [4.69, 9.17) is 15.0 Å². The molecule has 2 heterocycles. The molecule has 0 N–H and O–H groups in total. The third-order valence-electron chi connectivity index (χ3n) is 4.97. The number of aryl methyl sites for hydroxylation is 2. The van der Waals surface area contributed by atoms with Gasteiger partial charge < -0.3 is 4.74 Å². The van der Waals surface area contributed by atoms with Crippen molar-refractivity contribution >= 4 is 33.3 Å². The fraction of sp³-hybridized carbons (Fsp3) is 0.381. The van der Waals surface area contributed by atoms with Crippen LogP contribution in [0.25, 0.3) is 15.9 Å². The van der Waals surface area contributed by atoms with Crippen LogP contribution in [0.1, 0.15) is 30.2 Å². The summed E-state index contributed by atoms with van der Waals surface area (Å²) in [4.78, 5) is 20.7. The van der Waals surface area contributed by atoms with Crippen LogP contribution in [-0.4, -0.2) is 22.4 Å². The molecule has 0 unspecified atom stereocenters. The molecule has 0 saturated heterocycles. The Hall–Kier alpha value is -2.30. The molecule has 0 amide bonds. The maximum absolute atomic E-state index is 13.7. The number of rotatable bonds is 5. The molecule has 1 atom stereocenters. The summed E-state index contributed by atoms with van der Waals surface area (Å²) in [5, 5.41) is 10.5. The lowest BCUT2D eigenvalue weighted by molar-refractivity contribution is 0.411. The van der Waals surface area contributed by atoms with Gasteiger partial charge in [0.15, 0.2) is 5.16 Å². The summed E-state index contributed by atoms with van der Waals surface area (Å²) in [6.07, 6.45) is 4.25. The fourth-order valence-electron chi connectivity index (χ4n) is 3.55. The van der Waals surface area contributed by atoms with Gasteiger partial charge in [-0.05, 0) is 50.3 Å². The number of fused-ring (bicyclic) bond motifs is 3. The van der Waals surface area contributed by atoms with Crippen molar-refractivity contribution in [3.05, 3.63) is 45.1 Å². The normalized spacial score (nSPS) is 14.5. The van der Waals surface area contributed by atoms with E-state index in [-0.39, 0.29) is 11.5 Å². The minimum atomic E-state index is -0.125. The molecule has 0 aliphatic heterocycles. The van der Waals surface area contributed by atoms with Crippen molar-refractivity contribution in [1.29, 1.82) is 5.26 Å². The number of para-hydroxylation sites is 2. The van der Waals surface area contributed by atoms with Gasteiger partial charge in [-0.15, -0.1) is 11.3 Å². The van der Waals surface area contributed by atoms with Gasteiger partial charge in [0.1, 0.15) is 10.6 Å². The van der Waals surface area contributed by atoms with Crippen molar-refractivity contribution in [1.82, 2.24) is 9.55 Å². The highest BCUT2D eigenvalue weighted by atomic mass is 32.2. The smallest absolute Gasteiger partial charge is 0.267 e. The first-order valence-corrected chi connectivity index (χ1v) is 11.2. The Kier molecular flexibility index (Phi) is 5.42. The van der Waals surface area contributed by atoms with Crippen LogP contribution in [0, 0.1) is 17.2 Å². The number of benzene rings is 1. The van der Waals surface area contributed by atoms with E-state index in [1.54, 1.807) is 23.0 Å². The van der Waals surface area contributed by atoms with Crippen LogP contribution in [0.15, 0.2) is 34.2 Å². The molecule has 0 fully saturated rings. The van der Waals surface area contributed by atoms with Gasteiger partial charge in [-0.3, -0.25) is 9.36 Å². The molecule has 0 bridgehead atoms. The van der Waals surface area contributed by atoms with E-state index in [0.717, 1.165) is 29.5 Å². The van der Waals surface area contributed by atoms with E-state index in [9.17, 15) is 4.79 Å². The summed E-state index contributed by atoms with van der Waals surface area (Å²) in [5.41, 5.74) is 1.82. The minimum absolute atomic E-state index is 0.0407. The van der Waals surface area contributed by atoms with Crippen LogP contribution in [0.4, 0.5) is 0 Å². The number of hydrogen-bond acceptors (Lipinski definition) is 6. The Bertz CT molecular complexity index is 1130. The Labute approximate surface area is 172 Å². The van der Waals surface area contributed by atoms with E-state index in [0.29, 0.717) is 22.3 Å². The topological polar surface area (TPSA) is 67.9 Å². The molecule has 5 nitrogen and oxygen atoms in total. The average molecular weight is 412 g/mol. The molecular formula is C21H21N3O2S2. The second-order valence-corrected chi connectivity index (χ2v) is 9.01. The third-order valence-corrected chi connectivity index (χ3v) is 7.35. The lowest BCUT2D eigenvalue weighted by atomic mass is 9.97. The Morgan fingerprint density at radius 2 is 2.14 bits per heavy atom. The monoisotopic (exact) mass is 411 g/mol. The summed E-state index contributed by atoms with van der Waals surface area (Å²) in [6.45, 7) is 1.88. The van der Waals surface area contributed by atoms with Gasteiger partial charge in [0, 0.05) is 10.6 Å². The molecule has 1 aromatic carbocycles. The minimum Gasteiger partial charge on any atom is -0.495 e. The lowest BCUT2D eigenvalue weighted by Crippen LogP contribution is -2.23. The lowest BCUT2D eigenvalue weighted by Gasteiger charge is -2.16. The van der Waals surface area contributed by atoms with E-state index in [1.165, 1.54) is 28.6 Å². The number of thioether (sulfide) groups is 1. The maximum atomic E-state index is 13.7. The highest BCUT2D eigenvalue weighted by Crippen LogP contribution is 2.36. The van der Waals surface area contributed by atoms with E-state index < -0.39 is 0 Å². The molecule has 144 valence electrons. The SMILES string of the molecule is COc1ccccc1-n1c(SC[C@H](C)C#N)nc2sc3c(c2c1=O)CCCC3. The molecule has 28 heavy (non-hydrogen) atoms. The molecule has 0 spiro atoms. The molecular weight excluding hydrogens is 390 g/mol. The average Bonchev–Trinajstić information content (AvgIpc) is 3.10. The molecule has 3 aromatic rings. The van der Waals surface area contributed by atoms with Gasteiger partial charge >= 0.3 is 0 Å². The predicted octanol–water partition coefficient (Wildman–Crippen LogP) is 4.59. The van der Waals surface area contributed by atoms with Gasteiger partial charge in [-0.1, -0.05) is 23.9 Å². The first-order chi connectivity index (χ1) is 13.6. The first-order valence-electron chi connectivity index (χ1n) is 9.37. The van der Waals surface area contributed by atoms with Gasteiger partial charge in [-0.2, -0.15) is 5.26 Å². The quantitative estimate of drug-likeness (QED) is 0.454. The molecule has 7 heteroatoms. The van der Waals surface area contributed by atoms with E-state index in [2.05, 4.69) is 6.07 Å². The van der Waals surface area contributed by atoms with E-state index in [1.807, 2.05) is 31.2 Å². The number of methoxy groups -OCH3 is 1. The van der Waals surface area contributed by atoms with Crippen molar-refractivity contribution < 1.29 is 4.74 Å². The maximum Gasteiger partial charge on any atom is 0.267 e. The fourth-order valence-corrected chi connectivity index (χ4v) is 5.80. The molecule has 4 rings (SSSR count). The molecule has 0 radical (unpaired) electrons. The number of nitriles is 1. The van der Waals surface area contributed by atoms with Crippen LogP contribution in [0.3, 0.4) is 0 Å². The Morgan fingerprint density at radius 1 is 1.36 bits per heavy atom. The van der Waals surface area contributed by atoms with E-state index >= 15 is 0 Å². The number of aromatic nitrogens is 2. The zero-order valence-electron chi connectivity index (χ0n) is 15.9. The summed E-state index contributed by atoms with van der Waals surface area (Å²) in [5.74, 6) is 1.08. The Balaban J connectivity index is 1.97. The van der Waals surface area contributed by atoms with Crippen LogP contribution < -0.4 is 10.3 Å². The Morgan fingerprint density at radius 3 is 2.93 bits per heavy atom. The van der Waals surface area contributed by atoms with Gasteiger partial charge in [0.2, 0.25) is 0 Å². The number of ether oxygens (including phenoxy) is 1. The van der Waals surface area contributed by atoms with Crippen LogP contribution in [-0.2, 0) is 12.8 Å². The highest BCUT2D eigenvalue weighted by Gasteiger charge is 2.24. The van der Waals surface area contributed by atoms with Gasteiger partial charge in [0.25, 0.3) is 5.56 Å². The summed E-state index contributed by atoms with van der Waals surface area (Å²) < 4.78 is 7.18. The molecule has 0 saturated carbocycles. The molecule has 2 aromatic heterocycles. The number of nitrogens with zero attached hydrogens (tertiary/aromatic N) is 3. The second kappa shape index (κ2) is 7.98. The van der Waals surface area contributed by atoms with Gasteiger partial charge in [-0.25, -0.2) is 4.98 Å². The van der Waals surface area contributed by atoms with Crippen LogP contribution >= 0.6 is 23.1 Å². The zero-order chi connectivity index (χ0) is 19.7. The van der Waals surface area contributed by atoms with Crippen molar-refractivity contribution in [3.8, 4) is 17.5 Å². The molecule has 1 aliphatic carbocycles. The first kappa shape index (κ1) is 19.0. The van der Waals surface area contributed by atoms with Crippen molar-refractivity contribution in [2.24, 2.45) is 5.92 Å². The van der Waals surface area contributed by atoms with Crippen molar-refractivity contribution in [2.75, 3.05) is 12.9 Å². The van der Waals surface area contributed by atoms with Crippen LogP contribution in [0.5, 0.6) is 5.75 Å². The zero-order valence-corrected chi connectivity index (χ0v) is 17.5. The van der Waals surface area contributed by atoms with Crippen molar-refractivity contribution in [2.45, 2.75) is 37.8 Å². The number of thiophene rings is 1. The van der Waals surface area contributed by atoms with Crippen molar-refractivity contribution in [3.63, 3.8) is 0 Å². The van der Waals surface area contributed by atoms with Crippen LogP contribution in [0.2, 0.25) is 0 Å². The summed E-state index contributed by atoms with van der Waals surface area (Å²) in [6, 6.07) is 9.76. The standard InChI is InChI=1S/C21H21N3O2S2/c1-13(11-22)12-27-21-23-19-18(14-7-3-6-10-17(14)28-19)20(25)24(21)15-8-4-5-9-16(15)26-2/h4-5,8-9,13H,3,6-7,10,12H2,1-2H3/t13-/m1/s1. The highest BCUT2D eigenvalue weighted by molar-refractivity contribution is 7.99. The number of hydrogen-bond donors (Lipinski definition) is 0.